The maximum atomic E-state index is 13.2. The molecule has 0 spiro atoms. The lowest BCUT2D eigenvalue weighted by atomic mass is 10.1. The van der Waals surface area contributed by atoms with Gasteiger partial charge in [0.05, 0.1) is 13.2 Å². The topological polar surface area (TPSA) is 67.9 Å². The average molecular weight is 441 g/mol. The van der Waals surface area contributed by atoms with Gasteiger partial charge in [-0.15, -0.1) is 0 Å². The van der Waals surface area contributed by atoms with Crippen LogP contribution in [0.1, 0.15) is 44.7 Å². The fourth-order valence-corrected chi connectivity index (χ4v) is 3.71. The summed E-state index contributed by atoms with van der Waals surface area (Å²) in [6.07, 6.45) is 2.16. The molecule has 0 saturated carbocycles. The second kappa shape index (κ2) is 13.4. The van der Waals surface area contributed by atoms with E-state index in [-0.39, 0.29) is 11.8 Å². The predicted octanol–water partition coefficient (Wildman–Crippen LogP) is 4.01. The Morgan fingerprint density at radius 3 is 2.22 bits per heavy atom. The fourth-order valence-electron chi connectivity index (χ4n) is 3.71. The summed E-state index contributed by atoms with van der Waals surface area (Å²) in [4.78, 5) is 27.4. The molecule has 2 rings (SSSR count). The Morgan fingerprint density at radius 2 is 1.59 bits per heavy atom. The maximum Gasteiger partial charge on any atom is 0.242 e. The molecule has 2 aromatic carbocycles. The van der Waals surface area contributed by atoms with Gasteiger partial charge >= 0.3 is 0 Å². The second-order valence-corrected chi connectivity index (χ2v) is 7.51. The summed E-state index contributed by atoms with van der Waals surface area (Å²) < 4.78 is 11.3. The van der Waals surface area contributed by atoms with Crippen molar-refractivity contribution in [2.24, 2.45) is 0 Å². The summed E-state index contributed by atoms with van der Waals surface area (Å²) in [6.45, 7) is 7.40. The van der Waals surface area contributed by atoms with E-state index in [1.54, 1.807) is 11.9 Å². The standard InChI is InChI=1S/C26H36N2O4/c1-5-22(26(30)27-4)28(18-17-20-11-9-8-10-12-20)25(29)16-14-21-13-15-23(31-6-2)24(19-21)32-7-3/h8-13,15,19,22H,5-7,14,16-18H2,1-4H3,(H,27,30)/t22-/m1/s1. The number of likely N-dealkylation sites (N-methyl/N-ethyl adjacent to an activating group) is 1. The van der Waals surface area contributed by atoms with Gasteiger partial charge in [0.15, 0.2) is 11.5 Å². The van der Waals surface area contributed by atoms with E-state index in [0.717, 1.165) is 11.1 Å². The molecule has 1 atom stereocenters. The van der Waals surface area contributed by atoms with Gasteiger partial charge in [-0.25, -0.2) is 0 Å². The van der Waals surface area contributed by atoms with Gasteiger partial charge in [0.25, 0.3) is 0 Å². The van der Waals surface area contributed by atoms with Crippen LogP contribution in [0, 0.1) is 0 Å². The Balaban J connectivity index is 2.12. The van der Waals surface area contributed by atoms with Crippen molar-refractivity contribution < 1.29 is 19.1 Å². The van der Waals surface area contributed by atoms with Crippen molar-refractivity contribution in [3.63, 3.8) is 0 Å². The molecule has 0 aliphatic carbocycles. The third-order valence-corrected chi connectivity index (χ3v) is 5.35. The molecule has 2 amide bonds. The van der Waals surface area contributed by atoms with E-state index < -0.39 is 6.04 Å². The summed E-state index contributed by atoms with van der Waals surface area (Å²) in [5, 5.41) is 2.70. The number of aryl methyl sites for hydroxylation is 1. The van der Waals surface area contributed by atoms with Crippen LogP contribution in [0.2, 0.25) is 0 Å². The lowest BCUT2D eigenvalue weighted by Crippen LogP contribution is -2.49. The van der Waals surface area contributed by atoms with Crippen molar-refractivity contribution in [1.29, 1.82) is 0 Å². The number of benzene rings is 2. The van der Waals surface area contributed by atoms with E-state index in [9.17, 15) is 9.59 Å². The Hall–Kier alpha value is -3.02. The first kappa shape index (κ1) is 25.2. The molecule has 174 valence electrons. The lowest BCUT2D eigenvalue weighted by molar-refractivity contribution is -0.140. The highest BCUT2D eigenvalue weighted by atomic mass is 16.5. The Bertz CT molecular complexity index is 854. The van der Waals surface area contributed by atoms with Crippen LogP contribution in [-0.2, 0) is 22.4 Å². The normalized spacial score (nSPS) is 11.5. The molecule has 0 fully saturated rings. The van der Waals surface area contributed by atoms with Gasteiger partial charge in [-0.2, -0.15) is 0 Å². The molecule has 0 radical (unpaired) electrons. The zero-order valence-corrected chi connectivity index (χ0v) is 19.7. The quantitative estimate of drug-likeness (QED) is 0.511. The number of hydrogen-bond acceptors (Lipinski definition) is 4. The molecule has 0 bridgehead atoms. The van der Waals surface area contributed by atoms with Gasteiger partial charge in [0.1, 0.15) is 6.04 Å². The SMILES string of the molecule is CCOc1ccc(CCC(=O)N(CCc2ccccc2)[C@H](CC)C(=O)NC)cc1OCC. The number of carbonyl (C=O) groups excluding carboxylic acids is 2. The molecule has 0 heterocycles. The molecule has 1 N–H and O–H groups in total. The van der Waals surface area contributed by atoms with Crippen LogP contribution in [0.3, 0.4) is 0 Å². The zero-order valence-electron chi connectivity index (χ0n) is 19.7. The minimum Gasteiger partial charge on any atom is -0.490 e. The number of nitrogens with one attached hydrogen (secondary N) is 1. The van der Waals surface area contributed by atoms with Crippen LogP contribution >= 0.6 is 0 Å². The van der Waals surface area contributed by atoms with Gasteiger partial charge < -0.3 is 19.7 Å². The van der Waals surface area contributed by atoms with Crippen LogP contribution in [0.25, 0.3) is 0 Å². The maximum absolute atomic E-state index is 13.2. The highest BCUT2D eigenvalue weighted by molar-refractivity contribution is 5.87. The number of ether oxygens (including phenoxy) is 2. The summed E-state index contributed by atoms with van der Waals surface area (Å²) in [7, 11) is 1.61. The minimum absolute atomic E-state index is 0.0248. The molecule has 0 aliphatic rings. The lowest BCUT2D eigenvalue weighted by Gasteiger charge is -2.30. The Kier molecular flexibility index (Phi) is 10.6. The molecular weight excluding hydrogens is 404 g/mol. The van der Waals surface area contributed by atoms with E-state index in [0.29, 0.717) is 56.9 Å². The van der Waals surface area contributed by atoms with Gasteiger partial charge in [-0.3, -0.25) is 9.59 Å². The monoisotopic (exact) mass is 440 g/mol. The summed E-state index contributed by atoms with van der Waals surface area (Å²) in [5.41, 5.74) is 2.14. The molecule has 2 aromatic rings. The van der Waals surface area contributed by atoms with Crippen LogP contribution in [0.5, 0.6) is 11.5 Å². The van der Waals surface area contributed by atoms with Gasteiger partial charge in [0, 0.05) is 20.0 Å². The number of hydrogen-bond donors (Lipinski definition) is 1. The van der Waals surface area contributed by atoms with Gasteiger partial charge in [-0.1, -0.05) is 43.3 Å². The first-order valence-corrected chi connectivity index (χ1v) is 11.5. The molecular formula is C26H36N2O4. The van der Waals surface area contributed by atoms with Crippen LogP contribution in [-0.4, -0.2) is 49.6 Å². The van der Waals surface area contributed by atoms with Crippen molar-refractivity contribution in [3.8, 4) is 11.5 Å². The Labute approximate surface area is 191 Å². The van der Waals surface area contributed by atoms with Crippen LogP contribution in [0.4, 0.5) is 0 Å². The highest BCUT2D eigenvalue weighted by Gasteiger charge is 2.27. The number of carbonyl (C=O) groups is 2. The average Bonchev–Trinajstić information content (AvgIpc) is 2.82. The summed E-state index contributed by atoms with van der Waals surface area (Å²) >= 11 is 0. The van der Waals surface area contributed by atoms with E-state index in [1.807, 2.05) is 69.3 Å². The minimum atomic E-state index is -0.476. The molecule has 6 heteroatoms. The molecule has 6 nitrogen and oxygen atoms in total. The molecule has 0 saturated heterocycles. The Morgan fingerprint density at radius 1 is 0.906 bits per heavy atom. The van der Waals surface area contributed by atoms with Crippen molar-refractivity contribution in [2.75, 3.05) is 26.8 Å². The molecule has 0 aliphatic heterocycles. The first-order valence-electron chi connectivity index (χ1n) is 11.5. The van der Waals surface area contributed by atoms with Crippen LogP contribution in [0.15, 0.2) is 48.5 Å². The van der Waals surface area contributed by atoms with Crippen LogP contribution < -0.4 is 14.8 Å². The number of nitrogens with zero attached hydrogens (tertiary/aromatic N) is 1. The molecule has 32 heavy (non-hydrogen) atoms. The number of amides is 2. The van der Waals surface area contributed by atoms with E-state index >= 15 is 0 Å². The highest BCUT2D eigenvalue weighted by Crippen LogP contribution is 2.29. The molecule has 0 aromatic heterocycles. The first-order chi connectivity index (χ1) is 15.5. The smallest absolute Gasteiger partial charge is 0.242 e. The largest absolute Gasteiger partial charge is 0.490 e. The van der Waals surface area contributed by atoms with E-state index in [2.05, 4.69) is 5.32 Å². The van der Waals surface area contributed by atoms with Crippen molar-refractivity contribution in [3.05, 3.63) is 59.7 Å². The summed E-state index contributed by atoms with van der Waals surface area (Å²) in [5.74, 6) is 1.24. The zero-order chi connectivity index (χ0) is 23.3. The third-order valence-electron chi connectivity index (χ3n) is 5.35. The van der Waals surface area contributed by atoms with Gasteiger partial charge in [-0.05, 0) is 56.4 Å². The summed E-state index contributed by atoms with van der Waals surface area (Å²) in [6, 6.07) is 15.3. The predicted molar refractivity (Wildman–Crippen MR) is 127 cm³/mol. The molecule has 0 unspecified atom stereocenters. The van der Waals surface area contributed by atoms with Gasteiger partial charge in [0.2, 0.25) is 11.8 Å². The van der Waals surface area contributed by atoms with E-state index in [1.165, 1.54) is 0 Å². The van der Waals surface area contributed by atoms with Crippen molar-refractivity contribution >= 4 is 11.8 Å². The van der Waals surface area contributed by atoms with Crippen molar-refractivity contribution in [2.45, 2.75) is 52.5 Å². The number of rotatable bonds is 13. The third kappa shape index (κ3) is 7.29. The fraction of sp³-hybridized carbons (Fsp3) is 0.462. The second-order valence-electron chi connectivity index (χ2n) is 7.51. The van der Waals surface area contributed by atoms with E-state index in [4.69, 9.17) is 9.47 Å². The van der Waals surface area contributed by atoms with Crippen molar-refractivity contribution in [1.82, 2.24) is 10.2 Å².